The molecule has 1 aromatic carbocycles. The van der Waals surface area contributed by atoms with Crippen molar-refractivity contribution in [3.63, 3.8) is 0 Å². The van der Waals surface area contributed by atoms with E-state index in [1.807, 2.05) is 0 Å². The zero-order chi connectivity index (χ0) is 22.3. The van der Waals surface area contributed by atoms with Gasteiger partial charge in [-0.15, -0.1) is 0 Å². The first-order valence-electron chi connectivity index (χ1n) is 9.44. The SMILES string of the molecule is COC(=O)C[C@@H](NC(=O)OC(C)(C)C)C(=O)Nc1ccc(N2CCOCC2=O)cc1. The fourth-order valence-electron chi connectivity index (χ4n) is 2.65. The number of benzene rings is 1. The molecular formula is C20H27N3O7. The fourth-order valence-corrected chi connectivity index (χ4v) is 2.65. The molecule has 0 saturated carbocycles. The molecule has 10 nitrogen and oxygen atoms in total. The number of methoxy groups -OCH3 is 1. The molecule has 1 aromatic rings. The van der Waals surface area contributed by atoms with Gasteiger partial charge in [0.2, 0.25) is 5.91 Å². The van der Waals surface area contributed by atoms with E-state index in [9.17, 15) is 19.2 Å². The van der Waals surface area contributed by atoms with Gasteiger partial charge in [0.1, 0.15) is 18.2 Å². The Labute approximate surface area is 174 Å². The number of amides is 3. The van der Waals surface area contributed by atoms with Crippen molar-refractivity contribution >= 4 is 35.3 Å². The number of anilines is 2. The number of carbonyl (C=O) groups is 4. The van der Waals surface area contributed by atoms with Crippen molar-refractivity contribution in [2.24, 2.45) is 0 Å². The van der Waals surface area contributed by atoms with Crippen molar-refractivity contribution in [1.29, 1.82) is 0 Å². The Morgan fingerprint density at radius 2 is 1.87 bits per heavy atom. The van der Waals surface area contributed by atoms with E-state index in [0.29, 0.717) is 24.5 Å². The van der Waals surface area contributed by atoms with Crippen LogP contribution in [0, 0.1) is 0 Å². The van der Waals surface area contributed by atoms with E-state index in [2.05, 4.69) is 15.4 Å². The third-order valence-electron chi connectivity index (χ3n) is 4.04. The largest absolute Gasteiger partial charge is 0.469 e. The van der Waals surface area contributed by atoms with Crippen LogP contribution in [0.2, 0.25) is 0 Å². The number of alkyl carbamates (subject to hydrolysis) is 1. The van der Waals surface area contributed by atoms with Crippen molar-refractivity contribution in [1.82, 2.24) is 5.32 Å². The summed E-state index contributed by atoms with van der Waals surface area (Å²) >= 11 is 0. The first-order valence-corrected chi connectivity index (χ1v) is 9.44. The maximum atomic E-state index is 12.6. The van der Waals surface area contributed by atoms with Crippen molar-refractivity contribution in [3.8, 4) is 0 Å². The van der Waals surface area contributed by atoms with Gasteiger partial charge in [0, 0.05) is 17.9 Å². The predicted molar refractivity (Wildman–Crippen MR) is 108 cm³/mol. The molecule has 0 unspecified atom stereocenters. The van der Waals surface area contributed by atoms with Crippen molar-refractivity contribution in [2.45, 2.75) is 38.8 Å². The number of carbonyl (C=O) groups excluding carboxylic acids is 4. The van der Waals surface area contributed by atoms with E-state index in [0.717, 1.165) is 0 Å². The highest BCUT2D eigenvalue weighted by Crippen LogP contribution is 2.20. The predicted octanol–water partition coefficient (Wildman–Crippen LogP) is 1.44. The smallest absolute Gasteiger partial charge is 0.408 e. The second kappa shape index (κ2) is 10.1. The molecule has 1 aliphatic heterocycles. The van der Waals surface area contributed by atoms with Crippen molar-refractivity contribution < 1.29 is 33.4 Å². The lowest BCUT2D eigenvalue weighted by Gasteiger charge is -2.27. The number of hydrogen-bond acceptors (Lipinski definition) is 7. The monoisotopic (exact) mass is 421 g/mol. The van der Waals surface area contributed by atoms with Crippen molar-refractivity contribution in [2.75, 3.05) is 37.1 Å². The maximum Gasteiger partial charge on any atom is 0.408 e. The first-order chi connectivity index (χ1) is 14.1. The van der Waals surface area contributed by atoms with Crippen LogP contribution in [0.5, 0.6) is 0 Å². The van der Waals surface area contributed by atoms with Gasteiger partial charge in [-0.2, -0.15) is 0 Å². The molecule has 1 heterocycles. The van der Waals surface area contributed by atoms with Crippen LogP contribution in [0.3, 0.4) is 0 Å². The summed E-state index contributed by atoms with van der Waals surface area (Å²) in [6.07, 6.45) is -1.19. The Bertz CT molecular complexity index is 787. The molecule has 1 fully saturated rings. The van der Waals surface area contributed by atoms with E-state index in [-0.39, 0.29) is 18.9 Å². The van der Waals surface area contributed by atoms with E-state index < -0.39 is 29.6 Å². The number of esters is 1. The molecule has 0 spiro atoms. The Kier molecular flexibility index (Phi) is 7.76. The highest BCUT2D eigenvalue weighted by atomic mass is 16.6. The molecule has 10 heteroatoms. The fraction of sp³-hybridized carbons (Fsp3) is 0.500. The van der Waals surface area contributed by atoms with Gasteiger partial charge in [-0.05, 0) is 45.0 Å². The van der Waals surface area contributed by atoms with Crippen molar-refractivity contribution in [3.05, 3.63) is 24.3 Å². The molecule has 2 rings (SSSR count). The number of hydrogen-bond donors (Lipinski definition) is 2. The molecule has 0 radical (unpaired) electrons. The molecule has 2 N–H and O–H groups in total. The Balaban J connectivity index is 2.05. The highest BCUT2D eigenvalue weighted by molar-refractivity contribution is 5.99. The van der Waals surface area contributed by atoms with Crippen LogP contribution in [0.25, 0.3) is 0 Å². The van der Waals surface area contributed by atoms with Gasteiger partial charge in [0.15, 0.2) is 0 Å². The summed E-state index contributed by atoms with van der Waals surface area (Å²) in [6.45, 7) is 5.99. The lowest BCUT2D eigenvalue weighted by Crippen LogP contribution is -2.47. The molecule has 1 aliphatic rings. The minimum absolute atomic E-state index is 0.0318. The van der Waals surface area contributed by atoms with Crippen LogP contribution in [-0.2, 0) is 28.6 Å². The topological polar surface area (TPSA) is 123 Å². The van der Waals surface area contributed by atoms with Gasteiger partial charge in [-0.3, -0.25) is 14.4 Å². The van der Waals surface area contributed by atoms with Gasteiger partial charge in [0.25, 0.3) is 5.91 Å². The summed E-state index contributed by atoms with van der Waals surface area (Å²) in [7, 11) is 1.19. The van der Waals surface area contributed by atoms with Crippen LogP contribution in [-0.4, -0.2) is 62.4 Å². The lowest BCUT2D eigenvalue weighted by atomic mass is 10.1. The molecule has 0 bridgehead atoms. The normalized spacial score (nSPS) is 15.2. The molecule has 1 atom stereocenters. The molecule has 0 aliphatic carbocycles. The minimum Gasteiger partial charge on any atom is -0.469 e. The number of rotatable bonds is 6. The summed E-state index contributed by atoms with van der Waals surface area (Å²) in [6, 6.07) is 5.44. The van der Waals surface area contributed by atoms with Crippen LogP contribution in [0.1, 0.15) is 27.2 Å². The van der Waals surface area contributed by atoms with Crippen LogP contribution in [0.15, 0.2) is 24.3 Å². The van der Waals surface area contributed by atoms with Gasteiger partial charge in [-0.25, -0.2) is 4.79 Å². The van der Waals surface area contributed by atoms with Gasteiger partial charge in [-0.1, -0.05) is 0 Å². The number of ether oxygens (including phenoxy) is 3. The molecule has 30 heavy (non-hydrogen) atoms. The molecule has 1 saturated heterocycles. The molecule has 3 amide bonds. The maximum absolute atomic E-state index is 12.6. The van der Waals surface area contributed by atoms with Crippen LogP contribution < -0.4 is 15.5 Å². The van der Waals surface area contributed by atoms with E-state index in [4.69, 9.17) is 9.47 Å². The highest BCUT2D eigenvalue weighted by Gasteiger charge is 2.27. The number of morpholine rings is 1. The van der Waals surface area contributed by atoms with Crippen LogP contribution in [0.4, 0.5) is 16.2 Å². The second-order valence-corrected chi connectivity index (χ2v) is 7.61. The Morgan fingerprint density at radius 3 is 2.43 bits per heavy atom. The summed E-state index contributed by atoms with van der Waals surface area (Å²) in [5.74, 6) is -1.41. The summed E-state index contributed by atoms with van der Waals surface area (Å²) in [5.41, 5.74) is 0.355. The van der Waals surface area contributed by atoms with E-state index >= 15 is 0 Å². The van der Waals surface area contributed by atoms with E-state index in [1.54, 1.807) is 49.9 Å². The van der Waals surface area contributed by atoms with Gasteiger partial charge < -0.3 is 29.7 Å². The van der Waals surface area contributed by atoms with E-state index in [1.165, 1.54) is 7.11 Å². The zero-order valence-corrected chi connectivity index (χ0v) is 17.5. The number of nitrogens with one attached hydrogen (secondary N) is 2. The number of nitrogens with zero attached hydrogens (tertiary/aromatic N) is 1. The Hall–Kier alpha value is -3.14. The second-order valence-electron chi connectivity index (χ2n) is 7.61. The standard InChI is InChI=1S/C20H27N3O7/c1-20(2,3)30-19(27)22-15(11-17(25)28-4)18(26)21-13-5-7-14(8-6-13)23-9-10-29-12-16(23)24/h5-8,15H,9-12H2,1-4H3,(H,21,26)(H,22,27)/t15-/m1/s1. The van der Waals surface area contributed by atoms with Gasteiger partial charge >= 0.3 is 12.1 Å². The third-order valence-corrected chi connectivity index (χ3v) is 4.04. The molecule has 164 valence electrons. The third kappa shape index (κ3) is 7.03. The first kappa shape index (κ1) is 23.1. The summed E-state index contributed by atoms with van der Waals surface area (Å²) < 4.78 is 14.9. The van der Waals surface area contributed by atoms with Crippen LogP contribution >= 0.6 is 0 Å². The Morgan fingerprint density at radius 1 is 1.20 bits per heavy atom. The average Bonchev–Trinajstić information content (AvgIpc) is 2.67. The molecular weight excluding hydrogens is 394 g/mol. The lowest BCUT2D eigenvalue weighted by molar-refractivity contribution is -0.142. The summed E-state index contributed by atoms with van der Waals surface area (Å²) in [4.78, 5) is 49.8. The quantitative estimate of drug-likeness (QED) is 0.666. The van der Waals surface area contributed by atoms with Gasteiger partial charge in [0.05, 0.1) is 20.1 Å². The minimum atomic E-state index is -1.19. The molecule has 0 aromatic heterocycles. The summed E-state index contributed by atoms with van der Waals surface area (Å²) in [5, 5.41) is 5.02. The average molecular weight is 421 g/mol. The zero-order valence-electron chi connectivity index (χ0n) is 17.5.